The highest BCUT2D eigenvalue weighted by atomic mass is 16.5. The number of esters is 1. The van der Waals surface area contributed by atoms with E-state index in [9.17, 15) is 19.2 Å². The van der Waals surface area contributed by atoms with Gasteiger partial charge < -0.3 is 39.9 Å². The summed E-state index contributed by atoms with van der Waals surface area (Å²) in [7, 11) is 5.90. The third kappa shape index (κ3) is 7.64. The topological polar surface area (TPSA) is 157 Å². The fraction of sp³-hybridized carbons (Fsp3) is 0.385. The van der Waals surface area contributed by atoms with E-state index in [1.807, 2.05) is 50.4 Å². The van der Waals surface area contributed by atoms with Gasteiger partial charge in [-0.2, -0.15) is 0 Å². The monoisotopic (exact) mass is 698 g/mol. The van der Waals surface area contributed by atoms with Crippen LogP contribution in [0.5, 0.6) is 17.2 Å². The average molecular weight is 699 g/mol. The predicted molar refractivity (Wildman–Crippen MR) is 195 cm³/mol. The molecule has 12 heteroatoms. The molecule has 1 aliphatic carbocycles. The number of aryl methyl sites for hydroxylation is 1. The Bertz CT molecular complexity index is 1990. The summed E-state index contributed by atoms with van der Waals surface area (Å²) < 4.78 is 22.3. The number of aromatic nitrogens is 1. The zero-order chi connectivity index (χ0) is 36.8. The van der Waals surface area contributed by atoms with Crippen molar-refractivity contribution >= 4 is 34.4 Å². The molecular formula is C39H46N4O8. The lowest BCUT2D eigenvalue weighted by Crippen LogP contribution is -2.51. The normalized spacial score (nSPS) is 15.2. The molecule has 0 aliphatic heterocycles. The summed E-state index contributed by atoms with van der Waals surface area (Å²) >= 11 is 0. The number of fused-ring (bicyclic) bond motifs is 4. The minimum Gasteiger partial charge on any atom is -0.493 e. The van der Waals surface area contributed by atoms with Crippen molar-refractivity contribution in [3.8, 4) is 28.4 Å². The van der Waals surface area contributed by atoms with Gasteiger partial charge in [-0.1, -0.05) is 44.5 Å². The lowest BCUT2D eigenvalue weighted by molar-refractivity contribution is -0.145. The van der Waals surface area contributed by atoms with Crippen molar-refractivity contribution in [3.05, 3.63) is 81.6 Å². The summed E-state index contributed by atoms with van der Waals surface area (Å²) in [5.41, 5.74) is 4.45. The molecule has 0 spiro atoms. The second kappa shape index (κ2) is 16.0. The molecule has 3 aromatic carbocycles. The highest BCUT2D eigenvalue weighted by Gasteiger charge is 2.32. The summed E-state index contributed by atoms with van der Waals surface area (Å²) in [4.78, 5) is 56.6. The first kappa shape index (κ1) is 36.8. The van der Waals surface area contributed by atoms with Crippen molar-refractivity contribution in [1.29, 1.82) is 0 Å². The Morgan fingerprint density at radius 2 is 1.73 bits per heavy atom. The molecule has 270 valence electrons. The van der Waals surface area contributed by atoms with E-state index >= 15 is 0 Å². The lowest BCUT2D eigenvalue weighted by Gasteiger charge is -2.26. The molecule has 0 saturated carbocycles. The highest BCUT2D eigenvalue weighted by molar-refractivity contribution is 5.91. The van der Waals surface area contributed by atoms with Crippen molar-refractivity contribution in [2.75, 3.05) is 33.8 Å². The van der Waals surface area contributed by atoms with E-state index in [1.54, 1.807) is 19.2 Å². The first-order valence-corrected chi connectivity index (χ1v) is 17.0. The number of ether oxygens (including phenoxy) is 4. The SMILES string of the molecule is CC[C@H](C)[C@H](Nc1ccc2c(cc1=O)[C@@H](NC(C)=O)CCc1cc(OC)c(OC)c(OC)c1-2)C(=O)N[C@@H](Cc1c[nH]c2ccccc12)C(=O)OC. The first-order valence-electron chi connectivity index (χ1n) is 17.0. The first-order chi connectivity index (χ1) is 24.5. The van der Waals surface area contributed by atoms with E-state index in [1.165, 1.54) is 34.3 Å². The number of rotatable bonds is 13. The largest absolute Gasteiger partial charge is 0.493 e. The van der Waals surface area contributed by atoms with E-state index in [4.69, 9.17) is 18.9 Å². The van der Waals surface area contributed by atoms with Gasteiger partial charge in [0.2, 0.25) is 23.0 Å². The molecule has 5 rings (SSSR count). The highest BCUT2D eigenvalue weighted by Crippen LogP contribution is 2.50. The summed E-state index contributed by atoms with van der Waals surface area (Å²) in [6.45, 7) is 5.29. The van der Waals surface area contributed by atoms with Crippen LogP contribution in [0.2, 0.25) is 0 Å². The molecule has 0 fully saturated rings. The van der Waals surface area contributed by atoms with Gasteiger partial charge >= 0.3 is 5.97 Å². The van der Waals surface area contributed by atoms with Crippen LogP contribution in [0.3, 0.4) is 0 Å². The molecule has 0 unspecified atom stereocenters. The molecule has 1 aromatic heterocycles. The maximum absolute atomic E-state index is 14.0. The quantitative estimate of drug-likeness (QED) is 0.140. The predicted octanol–water partition coefficient (Wildman–Crippen LogP) is 5.07. The van der Waals surface area contributed by atoms with Gasteiger partial charge in [0.25, 0.3) is 0 Å². The molecule has 0 radical (unpaired) electrons. The number of para-hydroxylation sites is 1. The number of carbonyl (C=O) groups is 3. The van der Waals surface area contributed by atoms with Crippen LogP contribution in [-0.4, -0.2) is 63.3 Å². The average Bonchev–Trinajstić information content (AvgIpc) is 3.39. The Morgan fingerprint density at radius 1 is 0.980 bits per heavy atom. The Kier molecular flexibility index (Phi) is 11.5. The third-order valence-electron chi connectivity index (χ3n) is 9.62. The summed E-state index contributed by atoms with van der Waals surface area (Å²) in [6.07, 6.45) is 3.70. The maximum Gasteiger partial charge on any atom is 0.328 e. The van der Waals surface area contributed by atoms with Crippen LogP contribution in [0, 0.1) is 5.92 Å². The van der Waals surface area contributed by atoms with E-state index in [0.29, 0.717) is 53.2 Å². The molecule has 2 amide bonds. The smallest absolute Gasteiger partial charge is 0.328 e. The lowest BCUT2D eigenvalue weighted by atomic mass is 9.95. The summed E-state index contributed by atoms with van der Waals surface area (Å²) in [5.74, 6) is -0.174. The second-order valence-electron chi connectivity index (χ2n) is 12.8. The molecule has 1 aliphatic rings. The van der Waals surface area contributed by atoms with Crippen LogP contribution >= 0.6 is 0 Å². The summed E-state index contributed by atoms with van der Waals surface area (Å²) in [6, 6.07) is 12.2. The van der Waals surface area contributed by atoms with E-state index in [0.717, 1.165) is 22.0 Å². The number of carbonyl (C=O) groups excluding carboxylic acids is 3. The molecule has 51 heavy (non-hydrogen) atoms. The van der Waals surface area contributed by atoms with Crippen LogP contribution in [-0.2, 0) is 32.0 Å². The number of amides is 2. The molecule has 12 nitrogen and oxygen atoms in total. The molecular weight excluding hydrogens is 652 g/mol. The fourth-order valence-corrected chi connectivity index (χ4v) is 6.81. The van der Waals surface area contributed by atoms with Crippen LogP contribution in [0.25, 0.3) is 22.0 Å². The van der Waals surface area contributed by atoms with Gasteiger partial charge in [0.05, 0.1) is 40.2 Å². The maximum atomic E-state index is 14.0. The van der Waals surface area contributed by atoms with Gasteiger partial charge in [-0.15, -0.1) is 0 Å². The zero-order valence-electron chi connectivity index (χ0n) is 30.1. The number of hydrogen-bond acceptors (Lipinski definition) is 9. The van der Waals surface area contributed by atoms with Crippen molar-refractivity contribution in [3.63, 3.8) is 0 Å². The number of hydrogen-bond donors (Lipinski definition) is 4. The van der Waals surface area contributed by atoms with Gasteiger partial charge in [-0.3, -0.25) is 14.4 Å². The minimum atomic E-state index is -0.973. The number of methoxy groups -OCH3 is 4. The van der Waals surface area contributed by atoms with E-state index < -0.39 is 30.0 Å². The molecule has 0 saturated heterocycles. The van der Waals surface area contributed by atoms with E-state index in [2.05, 4.69) is 20.9 Å². The number of nitrogens with one attached hydrogen (secondary N) is 4. The van der Waals surface area contributed by atoms with Crippen molar-refractivity contribution < 1.29 is 33.3 Å². The van der Waals surface area contributed by atoms with Gasteiger partial charge in [-0.25, -0.2) is 4.79 Å². The minimum absolute atomic E-state index is 0.178. The van der Waals surface area contributed by atoms with Crippen molar-refractivity contribution in [2.24, 2.45) is 5.92 Å². The Labute approximate surface area is 297 Å². The molecule has 4 atom stereocenters. The zero-order valence-corrected chi connectivity index (χ0v) is 30.1. The number of benzene rings is 2. The van der Waals surface area contributed by atoms with Crippen LogP contribution < -0.4 is 35.6 Å². The van der Waals surface area contributed by atoms with E-state index in [-0.39, 0.29) is 29.4 Å². The third-order valence-corrected chi connectivity index (χ3v) is 9.62. The van der Waals surface area contributed by atoms with Gasteiger partial charge in [-0.05, 0) is 65.3 Å². The fourth-order valence-electron chi connectivity index (χ4n) is 6.81. The van der Waals surface area contributed by atoms with Gasteiger partial charge in [0.15, 0.2) is 11.5 Å². The Hall–Kier alpha value is -5.52. The van der Waals surface area contributed by atoms with Crippen LogP contribution in [0.4, 0.5) is 5.69 Å². The molecule has 4 N–H and O–H groups in total. The molecule has 4 aromatic rings. The van der Waals surface area contributed by atoms with Gasteiger partial charge in [0.1, 0.15) is 12.1 Å². The number of H-pyrrole nitrogens is 1. The second-order valence-corrected chi connectivity index (χ2v) is 12.8. The molecule has 0 bridgehead atoms. The Balaban J connectivity index is 1.55. The number of aromatic amines is 1. The van der Waals surface area contributed by atoms with Crippen LogP contribution in [0.1, 0.15) is 56.3 Å². The van der Waals surface area contributed by atoms with Crippen molar-refractivity contribution in [2.45, 2.75) is 64.6 Å². The van der Waals surface area contributed by atoms with Crippen LogP contribution in [0.15, 0.2) is 59.5 Å². The van der Waals surface area contributed by atoms with Crippen molar-refractivity contribution in [1.82, 2.24) is 15.6 Å². The van der Waals surface area contributed by atoms with Gasteiger partial charge in [0, 0.05) is 36.0 Å². The summed E-state index contributed by atoms with van der Waals surface area (Å²) in [5, 5.41) is 10.1. The Morgan fingerprint density at radius 3 is 2.39 bits per heavy atom. The number of anilines is 1. The molecule has 1 heterocycles. The standard InChI is InChI=1S/C39H46N4O8/c1-8-21(2)35(38(46)43-31(39(47)51-7)17-24-20-40-28-12-10-9-11-25(24)28)42-30-16-14-26-27(19-32(30)45)29(41-22(3)44)15-13-23-18-33(48-4)36(49-5)37(50-6)34(23)26/h9-12,14,16,18-21,29,31,35,40H,8,13,15,17H2,1-7H3,(H,41,44)(H,42,45)(H,43,46)/t21-,29-,31-,35-/m0/s1.